The molecule has 3 aromatic heterocycles. The molecule has 0 unspecified atom stereocenters. The molecule has 0 bridgehead atoms. The minimum atomic E-state index is -0.412. The van der Waals surface area contributed by atoms with E-state index in [9.17, 15) is 14.0 Å². The third kappa shape index (κ3) is 4.46. The van der Waals surface area contributed by atoms with Gasteiger partial charge in [-0.2, -0.15) is 0 Å². The number of fused-ring (bicyclic) bond motifs is 1. The minimum Gasteiger partial charge on any atom is -0.348 e. The van der Waals surface area contributed by atoms with Crippen LogP contribution >= 0.6 is 11.3 Å². The van der Waals surface area contributed by atoms with Gasteiger partial charge >= 0.3 is 0 Å². The number of nitrogens with zero attached hydrogens (tertiary/aromatic N) is 4. The SMILES string of the molecule is Cc1cc2nc(N[C@@H](C)c3cncc(F)c3)nc(C(=O)N3CC(CC(=O)C4CCC4)C3)c2s1. The van der Waals surface area contributed by atoms with Crippen molar-refractivity contribution in [3.63, 3.8) is 0 Å². The number of thiophene rings is 1. The van der Waals surface area contributed by atoms with Gasteiger partial charge in [-0.15, -0.1) is 11.3 Å². The molecular formula is C24H26FN5O2S. The Morgan fingerprint density at radius 3 is 2.73 bits per heavy atom. The lowest BCUT2D eigenvalue weighted by Crippen LogP contribution is -2.51. The monoisotopic (exact) mass is 467 g/mol. The highest BCUT2D eigenvalue weighted by Gasteiger charge is 2.36. The van der Waals surface area contributed by atoms with E-state index < -0.39 is 5.82 Å². The van der Waals surface area contributed by atoms with Gasteiger partial charge in [0, 0.05) is 42.4 Å². The molecule has 9 heteroatoms. The third-order valence-electron chi connectivity index (χ3n) is 6.56. The number of Topliss-reactive ketones (excluding diaryl/α,β-unsaturated/α-hetero) is 1. The van der Waals surface area contributed by atoms with Crippen molar-refractivity contribution in [2.75, 3.05) is 18.4 Å². The van der Waals surface area contributed by atoms with Gasteiger partial charge in [-0.1, -0.05) is 6.42 Å². The lowest BCUT2D eigenvalue weighted by Gasteiger charge is -2.39. The third-order valence-corrected chi connectivity index (χ3v) is 7.61. The van der Waals surface area contributed by atoms with E-state index in [1.165, 1.54) is 17.4 Å². The molecule has 1 saturated heterocycles. The van der Waals surface area contributed by atoms with Crippen molar-refractivity contribution < 1.29 is 14.0 Å². The quantitative estimate of drug-likeness (QED) is 0.549. The van der Waals surface area contributed by atoms with E-state index in [0.29, 0.717) is 48.0 Å². The lowest BCUT2D eigenvalue weighted by atomic mass is 9.78. The van der Waals surface area contributed by atoms with Crippen molar-refractivity contribution in [1.82, 2.24) is 19.9 Å². The van der Waals surface area contributed by atoms with Gasteiger partial charge in [-0.05, 0) is 44.4 Å². The minimum absolute atomic E-state index is 0.139. The van der Waals surface area contributed by atoms with Crippen molar-refractivity contribution in [3.8, 4) is 0 Å². The smallest absolute Gasteiger partial charge is 0.274 e. The van der Waals surface area contributed by atoms with Crippen LogP contribution in [0.5, 0.6) is 0 Å². The Kier molecular flexibility index (Phi) is 5.82. The summed E-state index contributed by atoms with van der Waals surface area (Å²) in [5.41, 5.74) is 1.74. The van der Waals surface area contributed by atoms with E-state index in [0.717, 1.165) is 35.0 Å². The number of halogens is 1. The number of hydrogen-bond acceptors (Lipinski definition) is 7. The second-order valence-corrected chi connectivity index (χ2v) is 10.4. The topological polar surface area (TPSA) is 88.1 Å². The predicted molar refractivity (Wildman–Crippen MR) is 125 cm³/mol. The van der Waals surface area contributed by atoms with Crippen molar-refractivity contribution >= 4 is 39.2 Å². The molecule has 1 N–H and O–H groups in total. The zero-order valence-corrected chi connectivity index (χ0v) is 19.5. The number of amides is 1. The summed E-state index contributed by atoms with van der Waals surface area (Å²) in [4.78, 5) is 41.4. The van der Waals surface area contributed by atoms with Crippen LogP contribution in [0.1, 0.15) is 59.6 Å². The molecule has 2 fully saturated rings. The first-order chi connectivity index (χ1) is 15.9. The summed E-state index contributed by atoms with van der Waals surface area (Å²) in [7, 11) is 0. The van der Waals surface area contributed by atoms with Crippen LogP contribution in [-0.2, 0) is 4.79 Å². The largest absolute Gasteiger partial charge is 0.348 e. The number of likely N-dealkylation sites (tertiary alicyclic amines) is 1. The normalized spacial score (nSPS) is 17.5. The highest BCUT2D eigenvalue weighted by atomic mass is 32.1. The van der Waals surface area contributed by atoms with E-state index in [-0.39, 0.29) is 23.8 Å². The molecule has 0 radical (unpaired) electrons. The fourth-order valence-corrected chi connectivity index (χ4v) is 5.33. The number of rotatable bonds is 7. The molecule has 4 heterocycles. The first-order valence-electron chi connectivity index (χ1n) is 11.3. The van der Waals surface area contributed by atoms with Gasteiger partial charge in [0.05, 0.1) is 22.5 Å². The van der Waals surface area contributed by atoms with E-state index in [1.54, 1.807) is 11.1 Å². The average molecular weight is 468 g/mol. The van der Waals surface area contributed by atoms with Crippen LogP contribution in [0.25, 0.3) is 10.2 Å². The van der Waals surface area contributed by atoms with Crippen LogP contribution in [0, 0.1) is 24.6 Å². The summed E-state index contributed by atoms with van der Waals surface area (Å²) in [6, 6.07) is 3.06. The number of aryl methyl sites for hydroxylation is 1. The lowest BCUT2D eigenvalue weighted by molar-refractivity contribution is -0.127. The molecule has 0 spiro atoms. The highest BCUT2D eigenvalue weighted by molar-refractivity contribution is 7.19. The van der Waals surface area contributed by atoms with Crippen molar-refractivity contribution in [2.45, 2.75) is 45.6 Å². The number of anilines is 1. The van der Waals surface area contributed by atoms with Crippen molar-refractivity contribution in [1.29, 1.82) is 0 Å². The molecule has 33 heavy (non-hydrogen) atoms. The van der Waals surface area contributed by atoms with Gasteiger partial charge < -0.3 is 10.2 Å². The summed E-state index contributed by atoms with van der Waals surface area (Å²) in [5, 5.41) is 3.18. The maximum atomic E-state index is 13.6. The second-order valence-electron chi connectivity index (χ2n) is 9.14. The molecule has 1 atom stereocenters. The summed E-state index contributed by atoms with van der Waals surface area (Å²) < 4.78 is 14.3. The number of nitrogens with one attached hydrogen (secondary N) is 1. The molecule has 0 aromatic carbocycles. The zero-order valence-electron chi connectivity index (χ0n) is 18.7. The molecule has 1 aliphatic carbocycles. The Bertz CT molecular complexity index is 1220. The maximum Gasteiger partial charge on any atom is 0.274 e. The Balaban J connectivity index is 1.33. The van der Waals surface area contributed by atoms with Crippen LogP contribution in [0.2, 0.25) is 0 Å². The van der Waals surface area contributed by atoms with Crippen LogP contribution in [-0.4, -0.2) is 44.6 Å². The van der Waals surface area contributed by atoms with Crippen LogP contribution in [0.15, 0.2) is 24.5 Å². The summed E-state index contributed by atoms with van der Waals surface area (Å²) >= 11 is 1.50. The summed E-state index contributed by atoms with van der Waals surface area (Å²) in [5.74, 6) is 0.600. The van der Waals surface area contributed by atoms with Gasteiger partial charge in [0.2, 0.25) is 5.95 Å². The number of aromatic nitrogens is 3. The Morgan fingerprint density at radius 1 is 1.24 bits per heavy atom. The van der Waals surface area contributed by atoms with Crippen LogP contribution in [0.4, 0.5) is 10.3 Å². The number of ketones is 1. The van der Waals surface area contributed by atoms with E-state index in [1.807, 2.05) is 19.9 Å². The molecular weight excluding hydrogens is 441 g/mol. The van der Waals surface area contributed by atoms with Crippen molar-refractivity contribution in [2.24, 2.45) is 11.8 Å². The predicted octanol–water partition coefficient (Wildman–Crippen LogP) is 4.54. The van der Waals surface area contributed by atoms with E-state index in [4.69, 9.17) is 0 Å². The molecule has 5 rings (SSSR count). The number of pyridine rings is 1. The standard InChI is InChI=1S/C24H26FN5O2S/c1-13-6-19-22(33-13)21(23(32)30-11-15(12-30)7-20(31)16-4-3-5-16)29-24(28-19)27-14(2)17-8-18(25)10-26-9-17/h6,8-10,14-16H,3-5,7,11-12H2,1-2H3,(H,27,28,29)/t14-/m0/s1. The number of carbonyl (C=O) groups is 2. The molecule has 7 nitrogen and oxygen atoms in total. The Labute approximate surface area is 195 Å². The zero-order chi connectivity index (χ0) is 23.1. The van der Waals surface area contributed by atoms with E-state index >= 15 is 0 Å². The van der Waals surface area contributed by atoms with Crippen molar-refractivity contribution in [3.05, 3.63) is 46.5 Å². The van der Waals surface area contributed by atoms with E-state index in [2.05, 4.69) is 20.3 Å². The number of hydrogen-bond donors (Lipinski definition) is 1. The number of carbonyl (C=O) groups excluding carboxylic acids is 2. The second kappa shape index (κ2) is 8.78. The summed E-state index contributed by atoms with van der Waals surface area (Å²) in [6.45, 7) is 5.01. The molecule has 1 amide bonds. The van der Waals surface area contributed by atoms with Crippen LogP contribution < -0.4 is 5.32 Å². The Hall–Kier alpha value is -2.94. The Morgan fingerprint density at radius 2 is 2.03 bits per heavy atom. The molecule has 2 aliphatic rings. The molecule has 1 aliphatic heterocycles. The first kappa shape index (κ1) is 21.9. The first-order valence-corrected chi connectivity index (χ1v) is 12.2. The van der Waals surface area contributed by atoms with Crippen LogP contribution in [0.3, 0.4) is 0 Å². The molecule has 3 aromatic rings. The highest BCUT2D eigenvalue weighted by Crippen LogP contribution is 2.33. The van der Waals surface area contributed by atoms with Gasteiger partial charge in [0.1, 0.15) is 11.6 Å². The average Bonchev–Trinajstić information content (AvgIpc) is 3.08. The van der Waals surface area contributed by atoms with Gasteiger partial charge in [0.25, 0.3) is 5.91 Å². The fourth-order valence-electron chi connectivity index (χ4n) is 4.40. The molecule has 172 valence electrons. The maximum absolute atomic E-state index is 13.6. The fraction of sp³-hybridized carbons (Fsp3) is 0.458. The van der Waals surface area contributed by atoms with Gasteiger partial charge in [0.15, 0.2) is 5.69 Å². The summed E-state index contributed by atoms with van der Waals surface area (Å²) in [6.07, 6.45) is 6.50. The molecule has 1 saturated carbocycles. The van der Waals surface area contributed by atoms with Gasteiger partial charge in [-0.25, -0.2) is 14.4 Å². The van der Waals surface area contributed by atoms with Gasteiger partial charge in [-0.3, -0.25) is 14.6 Å².